The molecular weight excluding hydrogens is 291 g/mol. The molecule has 4 nitrogen and oxygen atoms in total. The maximum atomic E-state index is 13.4. The summed E-state index contributed by atoms with van der Waals surface area (Å²) in [6, 6.07) is 3.49. The molecule has 2 amide bonds. The fourth-order valence-electron chi connectivity index (χ4n) is 1.21. The monoisotopic (exact) mass is 304 g/mol. The van der Waals surface area contributed by atoms with Crippen molar-refractivity contribution in [1.82, 2.24) is 5.32 Å². The normalized spacial score (nSPS) is 12.0. The maximum absolute atomic E-state index is 13.4. The first-order valence-electron chi connectivity index (χ1n) is 5.20. The second-order valence-electron chi connectivity index (χ2n) is 3.51. The number of hydrogen-bond donors (Lipinski definition) is 3. The molecule has 0 bridgehead atoms. The lowest BCUT2D eigenvalue weighted by Gasteiger charge is -2.15. The molecule has 0 saturated carbocycles. The van der Waals surface area contributed by atoms with E-state index in [-0.39, 0.29) is 18.3 Å². The van der Waals surface area contributed by atoms with E-state index in [0.717, 1.165) is 0 Å². The first-order valence-corrected chi connectivity index (χ1v) is 5.99. The van der Waals surface area contributed by atoms with Crippen molar-refractivity contribution in [3.8, 4) is 0 Å². The number of benzene rings is 1. The molecule has 94 valence electrons. The number of carbonyl (C=O) groups excluding carboxylic acids is 1. The Morgan fingerprint density at radius 3 is 2.82 bits per heavy atom. The molecule has 1 atom stereocenters. The zero-order valence-corrected chi connectivity index (χ0v) is 10.9. The van der Waals surface area contributed by atoms with Crippen molar-refractivity contribution in [3.05, 3.63) is 28.5 Å². The Labute approximate surface area is 107 Å². The quantitative estimate of drug-likeness (QED) is 0.800. The molecule has 0 radical (unpaired) electrons. The summed E-state index contributed by atoms with van der Waals surface area (Å²) in [6.45, 7) is 1.69. The van der Waals surface area contributed by atoms with Crippen LogP contribution in [0.25, 0.3) is 0 Å². The third-order valence-corrected chi connectivity index (χ3v) is 2.72. The Hall–Kier alpha value is -1.14. The molecule has 0 fully saturated rings. The second kappa shape index (κ2) is 6.56. The lowest BCUT2D eigenvalue weighted by Crippen LogP contribution is -2.39. The number of rotatable bonds is 4. The van der Waals surface area contributed by atoms with Gasteiger partial charge in [-0.05, 0) is 24.6 Å². The van der Waals surface area contributed by atoms with Gasteiger partial charge in [-0.3, -0.25) is 0 Å². The van der Waals surface area contributed by atoms with Crippen LogP contribution in [0.2, 0.25) is 0 Å². The van der Waals surface area contributed by atoms with Gasteiger partial charge in [0, 0.05) is 4.47 Å². The van der Waals surface area contributed by atoms with Crippen LogP contribution in [-0.2, 0) is 0 Å². The summed E-state index contributed by atoms with van der Waals surface area (Å²) >= 11 is 3.12. The van der Waals surface area contributed by atoms with Crippen LogP contribution in [0.1, 0.15) is 13.3 Å². The van der Waals surface area contributed by atoms with E-state index in [1.54, 1.807) is 6.07 Å². The summed E-state index contributed by atoms with van der Waals surface area (Å²) in [5.41, 5.74) is 0.0958. The van der Waals surface area contributed by atoms with E-state index in [4.69, 9.17) is 5.11 Å². The van der Waals surface area contributed by atoms with Gasteiger partial charge in [0.1, 0.15) is 5.82 Å². The van der Waals surface area contributed by atoms with Crippen LogP contribution in [0.4, 0.5) is 14.9 Å². The predicted molar refractivity (Wildman–Crippen MR) is 67.4 cm³/mol. The Morgan fingerprint density at radius 1 is 1.59 bits per heavy atom. The van der Waals surface area contributed by atoms with Crippen LogP contribution in [0.3, 0.4) is 0 Å². The minimum absolute atomic E-state index is 0.0958. The molecule has 0 heterocycles. The number of carbonyl (C=O) groups is 1. The van der Waals surface area contributed by atoms with E-state index in [0.29, 0.717) is 10.9 Å². The molecule has 1 unspecified atom stereocenters. The number of nitrogens with one attached hydrogen (secondary N) is 2. The van der Waals surface area contributed by atoms with Crippen molar-refractivity contribution in [2.75, 3.05) is 11.9 Å². The van der Waals surface area contributed by atoms with Crippen LogP contribution in [0.15, 0.2) is 22.7 Å². The molecule has 17 heavy (non-hydrogen) atoms. The third kappa shape index (κ3) is 4.32. The van der Waals surface area contributed by atoms with E-state index < -0.39 is 11.8 Å². The Morgan fingerprint density at radius 2 is 2.29 bits per heavy atom. The zero-order valence-electron chi connectivity index (χ0n) is 9.34. The molecule has 0 aliphatic carbocycles. The Balaban J connectivity index is 2.62. The molecule has 0 aliphatic rings. The fraction of sp³-hybridized carbons (Fsp3) is 0.364. The number of urea groups is 1. The molecule has 0 spiro atoms. The van der Waals surface area contributed by atoms with Crippen LogP contribution in [0, 0.1) is 5.82 Å². The molecule has 0 aliphatic heterocycles. The predicted octanol–water partition coefficient (Wildman–Crippen LogP) is 2.48. The van der Waals surface area contributed by atoms with Gasteiger partial charge in [-0.25, -0.2) is 9.18 Å². The van der Waals surface area contributed by atoms with E-state index in [9.17, 15) is 9.18 Å². The number of hydrogen-bond acceptors (Lipinski definition) is 2. The van der Waals surface area contributed by atoms with Gasteiger partial charge in [0.15, 0.2) is 0 Å². The van der Waals surface area contributed by atoms with Crippen LogP contribution < -0.4 is 10.6 Å². The Kier molecular flexibility index (Phi) is 5.37. The van der Waals surface area contributed by atoms with Gasteiger partial charge < -0.3 is 15.7 Å². The number of anilines is 1. The molecule has 1 rings (SSSR count). The molecule has 0 saturated heterocycles. The average molecular weight is 305 g/mol. The van der Waals surface area contributed by atoms with E-state index in [1.807, 2.05) is 6.92 Å². The number of halogens is 2. The fourth-order valence-corrected chi connectivity index (χ4v) is 1.54. The van der Waals surface area contributed by atoms with Crippen molar-refractivity contribution in [1.29, 1.82) is 0 Å². The molecule has 1 aromatic rings. The van der Waals surface area contributed by atoms with E-state index in [2.05, 4.69) is 26.6 Å². The smallest absolute Gasteiger partial charge is 0.319 e. The second-order valence-corrected chi connectivity index (χ2v) is 4.43. The SMILES string of the molecule is CCC(CO)NC(=O)Nc1ccc(Br)cc1F. The van der Waals surface area contributed by atoms with Crippen molar-refractivity contribution in [3.63, 3.8) is 0 Å². The molecule has 3 N–H and O–H groups in total. The van der Waals surface area contributed by atoms with Gasteiger partial charge in [-0.2, -0.15) is 0 Å². The number of amides is 2. The summed E-state index contributed by atoms with van der Waals surface area (Å²) in [7, 11) is 0. The third-order valence-electron chi connectivity index (χ3n) is 2.23. The summed E-state index contributed by atoms with van der Waals surface area (Å²) in [5, 5.41) is 13.8. The van der Waals surface area contributed by atoms with Gasteiger partial charge in [0.2, 0.25) is 0 Å². The summed E-state index contributed by atoms with van der Waals surface area (Å²) in [5.74, 6) is -0.522. The van der Waals surface area contributed by atoms with Crippen molar-refractivity contribution in [2.24, 2.45) is 0 Å². The highest BCUT2D eigenvalue weighted by Gasteiger charge is 2.11. The van der Waals surface area contributed by atoms with Crippen LogP contribution in [-0.4, -0.2) is 23.8 Å². The van der Waals surface area contributed by atoms with Crippen molar-refractivity contribution < 1.29 is 14.3 Å². The van der Waals surface area contributed by atoms with Gasteiger partial charge >= 0.3 is 6.03 Å². The van der Waals surface area contributed by atoms with Gasteiger partial charge in [0.05, 0.1) is 18.3 Å². The summed E-state index contributed by atoms with van der Waals surface area (Å²) in [6.07, 6.45) is 0.604. The van der Waals surface area contributed by atoms with Gasteiger partial charge in [-0.15, -0.1) is 0 Å². The highest BCUT2D eigenvalue weighted by molar-refractivity contribution is 9.10. The molecule has 1 aromatic carbocycles. The zero-order chi connectivity index (χ0) is 12.8. The summed E-state index contributed by atoms with van der Waals surface area (Å²) in [4.78, 5) is 11.5. The topological polar surface area (TPSA) is 61.4 Å². The first-order chi connectivity index (χ1) is 8.06. The lowest BCUT2D eigenvalue weighted by atomic mass is 10.2. The summed E-state index contributed by atoms with van der Waals surface area (Å²) < 4.78 is 14.0. The van der Waals surface area contributed by atoms with Gasteiger partial charge in [-0.1, -0.05) is 22.9 Å². The standard InChI is InChI=1S/C11H14BrFN2O2/c1-2-8(6-16)14-11(17)15-10-4-3-7(12)5-9(10)13/h3-5,8,16H,2,6H2,1H3,(H2,14,15,17). The van der Waals surface area contributed by atoms with Crippen molar-refractivity contribution >= 4 is 27.6 Å². The van der Waals surface area contributed by atoms with E-state index >= 15 is 0 Å². The maximum Gasteiger partial charge on any atom is 0.319 e. The molecule has 6 heteroatoms. The lowest BCUT2D eigenvalue weighted by molar-refractivity contribution is 0.222. The minimum Gasteiger partial charge on any atom is -0.394 e. The average Bonchev–Trinajstić information content (AvgIpc) is 2.29. The van der Waals surface area contributed by atoms with E-state index in [1.165, 1.54) is 12.1 Å². The molecule has 0 aromatic heterocycles. The van der Waals surface area contributed by atoms with Crippen LogP contribution >= 0.6 is 15.9 Å². The van der Waals surface area contributed by atoms with Crippen molar-refractivity contribution in [2.45, 2.75) is 19.4 Å². The number of aliphatic hydroxyl groups excluding tert-OH is 1. The largest absolute Gasteiger partial charge is 0.394 e. The first kappa shape index (κ1) is 13.9. The molecular formula is C11H14BrFN2O2. The highest BCUT2D eigenvalue weighted by Crippen LogP contribution is 2.19. The highest BCUT2D eigenvalue weighted by atomic mass is 79.9. The Bertz CT molecular complexity index is 397. The van der Waals surface area contributed by atoms with Gasteiger partial charge in [0.25, 0.3) is 0 Å². The minimum atomic E-state index is -0.535. The number of aliphatic hydroxyl groups is 1. The van der Waals surface area contributed by atoms with Crippen LogP contribution in [0.5, 0.6) is 0 Å².